The maximum atomic E-state index is 13.9. The molecule has 0 aromatic heterocycles. The van der Waals surface area contributed by atoms with Crippen LogP contribution >= 0.6 is 0 Å². The number of anilines is 1. The van der Waals surface area contributed by atoms with Crippen molar-refractivity contribution in [2.45, 2.75) is 31.4 Å². The second kappa shape index (κ2) is 6.24. The first-order valence-corrected chi connectivity index (χ1v) is 7.13. The van der Waals surface area contributed by atoms with Crippen molar-refractivity contribution in [1.82, 2.24) is 0 Å². The second-order valence-corrected chi connectivity index (χ2v) is 5.72. The fourth-order valence-electron chi connectivity index (χ4n) is 2.38. The van der Waals surface area contributed by atoms with Gasteiger partial charge in [0.2, 0.25) is 0 Å². The molecule has 2 rings (SSSR count). The molecule has 25 heavy (non-hydrogen) atoms. The van der Waals surface area contributed by atoms with Crippen LogP contribution in [0, 0.1) is 6.92 Å². The maximum Gasteiger partial charge on any atom is 0.435 e. The van der Waals surface area contributed by atoms with Crippen molar-refractivity contribution in [3.63, 3.8) is 0 Å². The Bertz CT molecular complexity index is 731. The first kappa shape index (κ1) is 19.1. The van der Waals surface area contributed by atoms with E-state index in [-0.39, 0.29) is 6.42 Å². The fraction of sp³-hybridized carbons (Fsp3) is 0.294. The lowest BCUT2D eigenvalue weighted by Gasteiger charge is -2.30. The van der Waals surface area contributed by atoms with Crippen LogP contribution in [0.1, 0.15) is 22.3 Å². The molecule has 2 aromatic rings. The summed E-state index contributed by atoms with van der Waals surface area (Å²) in [5.41, 5.74) is 1.36. The van der Waals surface area contributed by atoms with Crippen LogP contribution in [0.2, 0.25) is 0 Å². The molecule has 0 spiro atoms. The van der Waals surface area contributed by atoms with Crippen molar-refractivity contribution in [2.75, 3.05) is 5.73 Å². The third-order valence-electron chi connectivity index (χ3n) is 3.88. The van der Waals surface area contributed by atoms with Gasteiger partial charge in [-0.15, -0.1) is 0 Å². The Kier molecular flexibility index (Phi) is 4.76. The van der Waals surface area contributed by atoms with Crippen molar-refractivity contribution in [3.05, 3.63) is 64.7 Å². The second-order valence-electron chi connectivity index (χ2n) is 5.72. The zero-order valence-electron chi connectivity index (χ0n) is 13.0. The van der Waals surface area contributed by atoms with Crippen LogP contribution in [0.25, 0.3) is 0 Å². The summed E-state index contributed by atoms with van der Waals surface area (Å²) >= 11 is 0. The lowest BCUT2D eigenvalue weighted by atomic mass is 9.92. The minimum Gasteiger partial charge on any atom is -0.399 e. The van der Waals surface area contributed by atoms with Gasteiger partial charge in [-0.25, -0.2) is 4.39 Å². The molecule has 8 heteroatoms. The number of hydrogen-bond acceptors (Lipinski definition) is 1. The van der Waals surface area contributed by atoms with E-state index < -0.39 is 23.6 Å². The van der Waals surface area contributed by atoms with Gasteiger partial charge in [-0.1, -0.05) is 36.4 Å². The predicted molar refractivity (Wildman–Crippen MR) is 79.7 cm³/mol. The fourth-order valence-corrected chi connectivity index (χ4v) is 2.38. The highest BCUT2D eigenvalue weighted by Crippen LogP contribution is 2.53. The van der Waals surface area contributed by atoms with E-state index >= 15 is 0 Å². The van der Waals surface area contributed by atoms with Gasteiger partial charge in [0.1, 0.15) is 0 Å². The molecular formula is C17H14F7N. The van der Waals surface area contributed by atoms with E-state index in [0.717, 1.165) is 23.3 Å². The number of halogens is 7. The summed E-state index contributed by atoms with van der Waals surface area (Å²) in [5.74, 6) is 0. The van der Waals surface area contributed by atoms with Gasteiger partial charge in [-0.05, 0) is 36.1 Å². The SMILES string of the molecule is Cc1ccc(Cc2ccc(C(F)(C(F)(F)F)C(F)(F)F)cc2)cc1N. The highest BCUT2D eigenvalue weighted by molar-refractivity contribution is 5.49. The van der Waals surface area contributed by atoms with Gasteiger partial charge in [0.25, 0.3) is 0 Å². The van der Waals surface area contributed by atoms with Gasteiger partial charge >= 0.3 is 18.0 Å². The Labute approximate surface area is 139 Å². The minimum absolute atomic E-state index is 0.238. The van der Waals surface area contributed by atoms with E-state index in [0.29, 0.717) is 23.4 Å². The molecule has 0 aliphatic carbocycles. The molecule has 0 amide bonds. The quantitative estimate of drug-likeness (QED) is 0.568. The Hall–Kier alpha value is -2.25. The maximum absolute atomic E-state index is 13.9. The van der Waals surface area contributed by atoms with Gasteiger partial charge in [-0.2, -0.15) is 26.3 Å². The average Bonchev–Trinajstić information content (AvgIpc) is 2.49. The standard InChI is InChI=1S/C17H14F7N/c1-10-2-3-12(9-14(10)25)8-11-4-6-13(7-5-11)15(18,16(19,20)21)17(22,23)24/h2-7,9H,8,25H2,1H3. The molecule has 136 valence electrons. The van der Waals surface area contributed by atoms with Crippen LogP contribution in [0.5, 0.6) is 0 Å². The van der Waals surface area contributed by atoms with E-state index in [2.05, 4.69) is 0 Å². The molecule has 0 unspecified atom stereocenters. The molecule has 0 saturated carbocycles. The van der Waals surface area contributed by atoms with E-state index in [1.165, 1.54) is 0 Å². The molecule has 0 aliphatic heterocycles. The molecule has 2 aromatic carbocycles. The summed E-state index contributed by atoms with van der Waals surface area (Å²) < 4.78 is 90.2. The van der Waals surface area contributed by atoms with E-state index in [4.69, 9.17) is 5.73 Å². The smallest absolute Gasteiger partial charge is 0.399 e. The Morgan fingerprint density at radius 3 is 1.68 bits per heavy atom. The van der Waals surface area contributed by atoms with Crippen molar-refractivity contribution in [3.8, 4) is 0 Å². The first-order chi connectivity index (χ1) is 11.4. The van der Waals surface area contributed by atoms with Crippen molar-refractivity contribution >= 4 is 5.69 Å². The monoisotopic (exact) mass is 365 g/mol. The predicted octanol–water partition coefficient (Wildman–Crippen LogP) is 5.46. The lowest BCUT2D eigenvalue weighted by molar-refractivity contribution is -0.348. The number of hydrogen-bond donors (Lipinski definition) is 1. The van der Waals surface area contributed by atoms with Crippen LogP contribution < -0.4 is 5.73 Å². The zero-order valence-corrected chi connectivity index (χ0v) is 13.0. The van der Waals surface area contributed by atoms with E-state index in [1.54, 1.807) is 25.1 Å². The number of nitrogens with two attached hydrogens (primary N) is 1. The molecule has 0 heterocycles. The molecule has 0 radical (unpaired) electrons. The summed E-state index contributed by atoms with van der Waals surface area (Å²) in [6, 6.07) is 8.24. The number of rotatable bonds is 3. The third-order valence-corrected chi connectivity index (χ3v) is 3.88. The number of benzene rings is 2. The third kappa shape index (κ3) is 3.57. The largest absolute Gasteiger partial charge is 0.435 e. The number of aryl methyl sites for hydroxylation is 1. The molecule has 1 nitrogen and oxygen atoms in total. The molecule has 0 aliphatic rings. The van der Waals surface area contributed by atoms with Crippen LogP contribution in [0.3, 0.4) is 0 Å². The Morgan fingerprint density at radius 2 is 1.24 bits per heavy atom. The molecule has 0 saturated heterocycles. The molecule has 2 N–H and O–H groups in total. The van der Waals surface area contributed by atoms with Crippen molar-refractivity contribution in [2.24, 2.45) is 0 Å². The zero-order chi connectivity index (χ0) is 19.0. The van der Waals surface area contributed by atoms with Gasteiger partial charge in [0.15, 0.2) is 0 Å². The molecule has 0 bridgehead atoms. The van der Waals surface area contributed by atoms with E-state index in [9.17, 15) is 30.7 Å². The topological polar surface area (TPSA) is 26.0 Å². The molecule has 0 atom stereocenters. The van der Waals surface area contributed by atoms with E-state index in [1.807, 2.05) is 0 Å². The summed E-state index contributed by atoms with van der Waals surface area (Å²) in [7, 11) is 0. The number of nitrogen functional groups attached to an aromatic ring is 1. The van der Waals surface area contributed by atoms with Crippen molar-refractivity contribution < 1.29 is 30.7 Å². The Balaban J connectivity index is 2.33. The number of alkyl halides is 7. The van der Waals surface area contributed by atoms with Crippen LogP contribution in [0.15, 0.2) is 42.5 Å². The van der Waals surface area contributed by atoms with Crippen LogP contribution in [-0.2, 0) is 12.1 Å². The van der Waals surface area contributed by atoms with Gasteiger partial charge in [0.05, 0.1) is 0 Å². The normalized spacial score (nSPS) is 13.1. The summed E-state index contributed by atoms with van der Waals surface area (Å²) in [5, 5.41) is 0. The lowest BCUT2D eigenvalue weighted by Crippen LogP contribution is -2.50. The van der Waals surface area contributed by atoms with Crippen LogP contribution in [0.4, 0.5) is 36.4 Å². The highest BCUT2D eigenvalue weighted by Gasteiger charge is 2.73. The summed E-state index contributed by atoms with van der Waals surface area (Å²) in [6.45, 7) is 1.79. The molecule has 0 fully saturated rings. The first-order valence-electron chi connectivity index (χ1n) is 7.13. The van der Waals surface area contributed by atoms with Crippen LogP contribution in [-0.4, -0.2) is 12.4 Å². The highest BCUT2D eigenvalue weighted by atomic mass is 19.4. The molecular weight excluding hydrogens is 351 g/mol. The minimum atomic E-state index is -6.11. The Morgan fingerprint density at radius 1 is 0.760 bits per heavy atom. The van der Waals surface area contributed by atoms with Gasteiger partial charge < -0.3 is 5.73 Å². The summed E-state index contributed by atoms with van der Waals surface area (Å²) in [4.78, 5) is 0. The van der Waals surface area contributed by atoms with Gasteiger partial charge in [0, 0.05) is 11.3 Å². The summed E-state index contributed by atoms with van der Waals surface area (Å²) in [6.07, 6.45) is -12.0. The van der Waals surface area contributed by atoms with Gasteiger partial charge in [-0.3, -0.25) is 0 Å². The average molecular weight is 365 g/mol. The van der Waals surface area contributed by atoms with Crippen molar-refractivity contribution in [1.29, 1.82) is 0 Å².